The second-order valence-corrected chi connectivity index (χ2v) is 5.14. The van der Waals surface area contributed by atoms with Crippen LogP contribution in [0, 0.1) is 6.92 Å². The van der Waals surface area contributed by atoms with E-state index >= 15 is 0 Å². The van der Waals surface area contributed by atoms with E-state index in [1.807, 2.05) is 6.92 Å². The van der Waals surface area contributed by atoms with Crippen molar-refractivity contribution in [3.05, 3.63) is 23.7 Å². The standard InChI is InChI=1S/C11H14BrNO2/c1-7-5-6-15-10(7)11(14)13-9-4-2-3-8(9)12/h5-6,8-9H,2-4H2,1H3,(H,13,14). The second kappa shape index (κ2) is 4.39. The number of amides is 1. The van der Waals surface area contributed by atoms with E-state index in [1.165, 1.54) is 0 Å². The third-order valence-corrected chi connectivity index (χ3v) is 3.91. The molecule has 0 aliphatic heterocycles. The normalized spacial score (nSPS) is 25.5. The van der Waals surface area contributed by atoms with E-state index in [9.17, 15) is 4.79 Å². The van der Waals surface area contributed by atoms with Crippen LogP contribution in [0.15, 0.2) is 16.7 Å². The minimum Gasteiger partial charge on any atom is -0.459 e. The van der Waals surface area contributed by atoms with Gasteiger partial charge in [0.05, 0.1) is 6.26 Å². The Labute approximate surface area is 97.4 Å². The van der Waals surface area contributed by atoms with E-state index in [1.54, 1.807) is 12.3 Å². The maximum absolute atomic E-state index is 11.8. The molecule has 0 radical (unpaired) electrons. The first-order valence-electron chi connectivity index (χ1n) is 5.17. The molecule has 3 nitrogen and oxygen atoms in total. The monoisotopic (exact) mass is 271 g/mol. The number of hydrogen-bond donors (Lipinski definition) is 1. The van der Waals surface area contributed by atoms with Gasteiger partial charge < -0.3 is 9.73 Å². The molecule has 0 aromatic carbocycles. The number of nitrogens with one attached hydrogen (secondary N) is 1. The van der Waals surface area contributed by atoms with Crippen LogP contribution >= 0.6 is 15.9 Å². The highest BCUT2D eigenvalue weighted by atomic mass is 79.9. The molecule has 1 saturated carbocycles. The number of carbonyl (C=O) groups is 1. The number of furan rings is 1. The van der Waals surface area contributed by atoms with Crippen LogP contribution in [0.25, 0.3) is 0 Å². The lowest BCUT2D eigenvalue weighted by Crippen LogP contribution is -2.37. The van der Waals surface area contributed by atoms with Crippen molar-refractivity contribution in [2.45, 2.75) is 37.1 Å². The molecule has 0 spiro atoms. The number of alkyl halides is 1. The number of aryl methyl sites for hydroxylation is 1. The maximum Gasteiger partial charge on any atom is 0.287 e. The maximum atomic E-state index is 11.8. The Morgan fingerprint density at radius 1 is 1.60 bits per heavy atom. The van der Waals surface area contributed by atoms with Gasteiger partial charge in [0.2, 0.25) is 0 Å². The minimum absolute atomic E-state index is 0.103. The van der Waals surface area contributed by atoms with Crippen LogP contribution in [0.3, 0.4) is 0 Å². The Morgan fingerprint density at radius 3 is 2.93 bits per heavy atom. The molecule has 1 N–H and O–H groups in total. The molecule has 1 aliphatic carbocycles. The SMILES string of the molecule is Cc1ccoc1C(=O)NC1CCCC1Br. The van der Waals surface area contributed by atoms with E-state index < -0.39 is 0 Å². The molecule has 2 rings (SSSR count). The fourth-order valence-electron chi connectivity index (χ4n) is 1.92. The van der Waals surface area contributed by atoms with Gasteiger partial charge in [-0.2, -0.15) is 0 Å². The van der Waals surface area contributed by atoms with Crippen molar-refractivity contribution in [1.82, 2.24) is 5.32 Å². The molecule has 2 atom stereocenters. The number of hydrogen-bond acceptors (Lipinski definition) is 2. The van der Waals surface area contributed by atoms with Gasteiger partial charge in [-0.25, -0.2) is 0 Å². The van der Waals surface area contributed by atoms with Crippen LogP contribution in [0.1, 0.15) is 35.4 Å². The average molecular weight is 272 g/mol. The van der Waals surface area contributed by atoms with Gasteiger partial charge in [-0.1, -0.05) is 22.4 Å². The second-order valence-electron chi connectivity index (χ2n) is 3.96. The van der Waals surface area contributed by atoms with Gasteiger partial charge in [0.15, 0.2) is 5.76 Å². The zero-order chi connectivity index (χ0) is 10.8. The largest absolute Gasteiger partial charge is 0.459 e. The van der Waals surface area contributed by atoms with Crippen LogP contribution in [-0.2, 0) is 0 Å². The summed E-state index contributed by atoms with van der Waals surface area (Å²) in [6.07, 6.45) is 4.88. The summed E-state index contributed by atoms with van der Waals surface area (Å²) in [6, 6.07) is 2.04. The molecule has 0 bridgehead atoms. The summed E-state index contributed by atoms with van der Waals surface area (Å²) < 4.78 is 5.14. The topological polar surface area (TPSA) is 42.2 Å². The zero-order valence-corrected chi connectivity index (χ0v) is 10.2. The van der Waals surface area contributed by atoms with Gasteiger partial charge in [0, 0.05) is 16.4 Å². The van der Waals surface area contributed by atoms with Crippen LogP contribution in [-0.4, -0.2) is 16.8 Å². The molecule has 82 valence electrons. The highest BCUT2D eigenvalue weighted by molar-refractivity contribution is 9.09. The first-order chi connectivity index (χ1) is 7.18. The Bertz CT molecular complexity index is 361. The number of carbonyl (C=O) groups excluding carboxylic acids is 1. The van der Waals surface area contributed by atoms with Crippen LogP contribution < -0.4 is 5.32 Å². The van der Waals surface area contributed by atoms with Gasteiger partial charge in [-0.3, -0.25) is 4.79 Å². The lowest BCUT2D eigenvalue weighted by atomic mass is 10.2. The lowest BCUT2D eigenvalue weighted by molar-refractivity contribution is 0.0910. The molecule has 1 fully saturated rings. The Kier molecular flexibility index (Phi) is 3.14. The molecule has 1 aliphatic rings. The third-order valence-electron chi connectivity index (χ3n) is 2.82. The molecule has 1 aromatic rings. The molecule has 2 unspecified atom stereocenters. The molecular formula is C11H14BrNO2. The minimum atomic E-state index is -0.103. The third kappa shape index (κ3) is 2.25. The van der Waals surface area contributed by atoms with Crippen LogP contribution in [0.4, 0.5) is 0 Å². The summed E-state index contributed by atoms with van der Waals surface area (Å²) in [7, 11) is 0. The van der Waals surface area contributed by atoms with E-state index in [2.05, 4.69) is 21.2 Å². The van der Waals surface area contributed by atoms with Gasteiger partial charge in [-0.05, 0) is 25.8 Å². The Morgan fingerprint density at radius 2 is 2.40 bits per heavy atom. The van der Waals surface area contributed by atoms with Crippen LogP contribution in [0.2, 0.25) is 0 Å². The molecular weight excluding hydrogens is 258 g/mol. The molecule has 0 saturated heterocycles. The summed E-state index contributed by atoms with van der Waals surface area (Å²) in [5, 5.41) is 2.99. The van der Waals surface area contributed by atoms with Crippen molar-refractivity contribution in [2.24, 2.45) is 0 Å². The molecule has 1 amide bonds. The summed E-state index contributed by atoms with van der Waals surface area (Å²) >= 11 is 3.57. The summed E-state index contributed by atoms with van der Waals surface area (Å²) in [6.45, 7) is 1.87. The predicted molar refractivity (Wildman–Crippen MR) is 61.3 cm³/mol. The van der Waals surface area contributed by atoms with E-state index in [0.717, 1.165) is 24.8 Å². The fourth-order valence-corrected chi connectivity index (χ4v) is 2.64. The first kappa shape index (κ1) is 10.7. The highest BCUT2D eigenvalue weighted by Crippen LogP contribution is 2.26. The summed E-state index contributed by atoms with van der Waals surface area (Å²) in [5.74, 6) is 0.329. The van der Waals surface area contributed by atoms with Gasteiger partial charge >= 0.3 is 0 Å². The smallest absolute Gasteiger partial charge is 0.287 e. The van der Waals surface area contributed by atoms with Crippen molar-refractivity contribution >= 4 is 21.8 Å². The quantitative estimate of drug-likeness (QED) is 0.841. The average Bonchev–Trinajstić information content (AvgIpc) is 2.76. The lowest BCUT2D eigenvalue weighted by Gasteiger charge is -2.15. The molecule has 1 aromatic heterocycles. The van der Waals surface area contributed by atoms with Gasteiger partial charge in [-0.15, -0.1) is 0 Å². The first-order valence-corrected chi connectivity index (χ1v) is 6.09. The van der Waals surface area contributed by atoms with Crippen molar-refractivity contribution < 1.29 is 9.21 Å². The van der Waals surface area contributed by atoms with E-state index in [4.69, 9.17) is 4.42 Å². The molecule has 1 heterocycles. The highest BCUT2D eigenvalue weighted by Gasteiger charge is 2.27. The van der Waals surface area contributed by atoms with E-state index in [-0.39, 0.29) is 11.9 Å². The Hall–Kier alpha value is -0.770. The predicted octanol–water partition coefficient (Wildman–Crippen LogP) is 2.63. The molecule has 15 heavy (non-hydrogen) atoms. The summed E-state index contributed by atoms with van der Waals surface area (Å²) in [5.41, 5.74) is 0.886. The number of halogens is 1. The zero-order valence-electron chi connectivity index (χ0n) is 8.63. The Balaban J connectivity index is 2.01. The molecule has 4 heteroatoms. The van der Waals surface area contributed by atoms with Crippen molar-refractivity contribution in [2.75, 3.05) is 0 Å². The van der Waals surface area contributed by atoms with Crippen molar-refractivity contribution in [3.8, 4) is 0 Å². The van der Waals surface area contributed by atoms with Crippen LogP contribution in [0.5, 0.6) is 0 Å². The van der Waals surface area contributed by atoms with Crippen molar-refractivity contribution in [3.63, 3.8) is 0 Å². The summed E-state index contributed by atoms with van der Waals surface area (Å²) in [4.78, 5) is 12.2. The fraction of sp³-hybridized carbons (Fsp3) is 0.545. The number of rotatable bonds is 2. The van der Waals surface area contributed by atoms with Gasteiger partial charge in [0.25, 0.3) is 5.91 Å². The van der Waals surface area contributed by atoms with Gasteiger partial charge in [0.1, 0.15) is 0 Å². The van der Waals surface area contributed by atoms with E-state index in [0.29, 0.717) is 10.6 Å². The van der Waals surface area contributed by atoms with Crippen molar-refractivity contribution in [1.29, 1.82) is 0 Å².